The fraction of sp³-hybridized carbons (Fsp3) is 0.0526. The summed E-state index contributed by atoms with van der Waals surface area (Å²) >= 11 is 2.22. The average molecular weight is 437 g/mol. The van der Waals surface area contributed by atoms with Crippen LogP contribution in [-0.4, -0.2) is 0 Å². The predicted octanol–water partition coefficient (Wildman–Crippen LogP) is 3.75. The minimum absolute atomic E-state index is 0.359. The van der Waals surface area contributed by atoms with Crippen LogP contribution in [0.1, 0.15) is 11.5 Å². The van der Waals surface area contributed by atoms with E-state index in [1.807, 2.05) is 48.5 Å². The first-order valence-electron chi connectivity index (χ1n) is 7.61. The van der Waals surface area contributed by atoms with Gasteiger partial charge in [0.1, 0.15) is 11.6 Å². The number of nitriles is 2. The van der Waals surface area contributed by atoms with Crippen LogP contribution in [-0.2, 0) is 0 Å². The quantitative estimate of drug-likeness (QED) is 0.664. The monoisotopic (exact) mass is 437 g/mol. The molecule has 0 aliphatic carbocycles. The Bertz CT molecular complexity index is 1040. The molecule has 0 amide bonds. The van der Waals surface area contributed by atoms with Gasteiger partial charge in [-0.1, -0.05) is 24.3 Å². The van der Waals surface area contributed by atoms with Gasteiger partial charge < -0.3 is 11.1 Å². The van der Waals surface area contributed by atoms with Gasteiger partial charge in [0.25, 0.3) is 0 Å². The molecule has 0 aromatic heterocycles. The Hall–Kier alpha value is -2.97. The van der Waals surface area contributed by atoms with Crippen LogP contribution in [0.4, 0.5) is 11.4 Å². The van der Waals surface area contributed by atoms with Crippen molar-refractivity contribution in [2.24, 2.45) is 5.73 Å². The third-order valence-electron chi connectivity index (χ3n) is 4.39. The summed E-state index contributed by atoms with van der Waals surface area (Å²) in [5.41, 5.74) is 9.84. The zero-order valence-electron chi connectivity index (χ0n) is 13.0. The lowest BCUT2D eigenvalue weighted by molar-refractivity contribution is 0.868. The van der Waals surface area contributed by atoms with Crippen molar-refractivity contribution in [2.75, 3.05) is 10.2 Å². The van der Waals surface area contributed by atoms with Crippen LogP contribution >= 0.6 is 22.6 Å². The Kier molecular flexibility index (Phi) is 3.63. The van der Waals surface area contributed by atoms with Crippen molar-refractivity contribution in [3.05, 3.63) is 80.5 Å². The molecular weight excluding hydrogens is 425 g/mol. The van der Waals surface area contributed by atoms with Gasteiger partial charge in [0.15, 0.2) is 0 Å². The summed E-state index contributed by atoms with van der Waals surface area (Å²) in [5.74, 6) is 0.514. The van der Waals surface area contributed by atoms with Gasteiger partial charge in [-0.25, -0.2) is 0 Å². The minimum atomic E-state index is -0.474. The molecule has 2 aromatic carbocycles. The molecule has 0 saturated heterocycles. The van der Waals surface area contributed by atoms with Crippen molar-refractivity contribution < 1.29 is 0 Å². The zero-order valence-corrected chi connectivity index (χ0v) is 15.2. The van der Waals surface area contributed by atoms with Crippen molar-refractivity contribution >= 4 is 34.0 Å². The van der Waals surface area contributed by atoms with E-state index in [0.29, 0.717) is 22.8 Å². The van der Waals surface area contributed by atoms with Crippen molar-refractivity contribution in [1.82, 2.24) is 0 Å². The highest BCUT2D eigenvalue weighted by Crippen LogP contribution is 2.47. The maximum atomic E-state index is 9.87. The first kappa shape index (κ1) is 15.6. The number of nitrogens with two attached hydrogens (primary N) is 1. The van der Waals surface area contributed by atoms with Gasteiger partial charge in [-0.2, -0.15) is 10.5 Å². The summed E-state index contributed by atoms with van der Waals surface area (Å²) in [7, 11) is 0. The van der Waals surface area contributed by atoms with Crippen LogP contribution in [0.25, 0.3) is 0 Å². The number of halogens is 1. The van der Waals surface area contributed by atoms with Crippen molar-refractivity contribution in [1.29, 1.82) is 10.5 Å². The first-order valence-corrected chi connectivity index (χ1v) is 8.69. The number of benzene rings is 2. The highest BCUT2D eigenvalue weighted by molar-refractivity contribution is 14.1. The number of nitrogens with zero attached hydrogens (tertiary/aromatic N) is 3. The molecule has 0 saturated carbocycles. The second kappa shape index (κ2) is 5.83. The average Bonchev–Trinajstić information content (AvgIpc) is 3.01. The summed E-state index contributed by atoms with van der Waals surface area (Å²) in [4.78, 5) is 1.76. The highest BCUT2D eigenvalue weighted by Gasteiger charge is 2.40. The van der Waals surface area contributed by atoms with Crippen molar-refractivity contribution in [3.8, 4) is 12.1 Å². The van der Waals surface area contributed by atoms with Gasteiger partial charge in [-0.3, -0.25) is 4.90 Å². The molecule has 0 radical (unpaired) electrons. The van der Waals surface area contributed by atoms with Crippen LogP contribution in [0.5, 0.6) is 0 Å². The third-order valence-corrected chi connectivity index (χ3v) is 5.06. The maximum Gasteiger partial charge on any atom is 0.131 e. The molecule has 3 N–H and O–H groups in total. The normalized spacial score (nSPS) is 18.2. The fourth-order valence-electron chi connectivity index (χ4n) is 3.32. The van der Waals surface area contributed by atoms with Crippen molar-refractivity contribution in [3.63, 3.8) is 0 Å². The first-order chi connectivity index (χ1) is 12.2. The van der Waals surface area contributed by atoms with E-state index in [0.717, 1.165) is 20.5 Å². The molecule has 6 heteroatoms. The number of allylic oxidation sites excluding steroid dienone is 2. The third kappa shape index (κ3) is 2.26. The number of fused-ring (bicyclic) bond motifs is 3. The van der Waals surface area contributed by atoms with Crippen LogP contribution in [0.2, 0.25) is 0 Å². The van der Waals surface area contributed by atoms with Crippen LogP contribution in [0, 0.1) is 26.2 Å². The van der Waals surface area contributed by atoms with Gasteiger partial charge >= 0.3 is 0 Å². The Morgan fingerprint density at radius 3 is 2.52 bits per heavy atom. The summed E-state index contributed by atoms with van der Waals surface area (Å²) in [5, 5.41) is 22.9. The number of anilines is 2. The van der Waals surface area contributed by atoms with Crippen molar-refractivity contribution in [2.45, 2.75) is 5.92 Å². The molecule has 2 heterocycles. The van der Waals surface area contributed by atoms with Crippen LogP contribution in [0.3, 0.4) is 0 Å². The predicted molar refractivity (Wildman–Crippen MR) is 104 cm³/mol. The lowest BCUT2D eigenvalue weighted by Gasteiger charge is -2.31. The SMILES string of the molecule is N#CC1=C(N)N2C(=C(C#N)[C@@H]1c1cccc(I)c1)Nc1ccccc12. The molecule has 0 spiro atoms. The lowest BCUT2D eigenvalue weighted by atomic mass is 9.83. The number of hydrogen-bond donors (Lipinski definition) is 2. The maximum absolute atomic E-state index is 9.87. The number of nitrogens with one attached hydrogen (secondary N) is 1. The Morgan fingerprint density at radius 2 is 1.80 bits per heavy atom. The van der Waals surface area contributed by atoms with Gasteiger partial charge in [0, 0.05) is 3.57 Å². The molecular formula is C19H12IN5. The number of rotatable bonds is 1. The highest BCUT2D eigenvalue weighted by atomic mass is 127. The van der Waals surface area contributed by atoms with E-state index >= 15 is 0 Å². The van der Waals surface area contributed by atoms with E-state index in [4.69, 9.17) is 5.73 Å². The molecule has 0 fully saturated rings. The summed E-state index contributed by atoms with van der Waals surface area (Å²) < 4.78 is 1.04. The van der Waals surface area contributed by atoms with E-state index in [1.54, 1.807) is 4.90 Å². The van der Waals surface area contributed by atoms with Crippen LogP contribution in [0.15, 0.2) is 71.3 Å². The fourth-order valence-corrected chi connectivity index (χ4v) is 3.89. The minimum Gasteiger partial charge on any atom is -0.384 e. The summed E-state index contributed by atoms with van der Waals surface area (Å²) in [6, 6.07) is 20.0. The Morgan fingerprint density at radius 1 is 1.04 bits per heavy atom. The molecule has 2 aliphatic rings. The van der Waals surface area contributed by atoms with Crippen LogP contribution < -0.4 is 16.0 Å². The smallest absolute Gasteiger partial charge is 0.131 e. The molecule has 0 unspecified atom stereocenters. The van der Waals surface area contributed by atoms with E-state index in [2.05, 4.69) is 40.0 Å². The van der Waals surface area contributed by atoms with Gasteiger partial charge in [-0.15, -0.1) is 0 Å². The molecule has 2 aliphatic heterocycles. The van der Waals surface area contributed by atoms with E-state index in [-0.39, 0.29) is 0 Å². The van der Waals surface area contributed by atoms with E-state index in [9.17, 15) is 10.5 Å². The number of hydrogen-bond acceptors (Lipinski definition) is 5. The topological polar surface area (TPSA) is 88.9 Å². The van der Waals surface area contributed by atoms with Gasteiger partial charge in [-0.05, 0) is 52.4 Å². The second-order valence-electron chi connectivity index (χ2n) is 5.75. The van der Waals surface area contributed by atoms with Gasteiger partial charge in [0.05, 0.1) is 40.6 Å². The molecule has 4 rings (SSSR count). The number of para-hydroxylation sites is 2. The molecule has 2 aromatic rings. The molecule has 120 valence electrons. The molecule has 25 heavy (non-hydrogen) atoms. The lowest BCUT2D eigenvalue weighted by Crippen LogP contribution is -2.34. The molecule has 1 atom stereocenters. The Labute approximate surface area is 158 Å². The second-order valence-corrected chi connectivity index (χ2v) is 7.00. The zero-order chi connectivity index (χ0) is 17.6. The Balaban J connectivity index is 1.98. The van der Waals surface area contributed by atoms with Gasteiger partial charge in [0.2, 0.25) is 0 Å². The standard InChI is InChI=1S/C19H12IN5/c20-12-5-3-4-11(8-12)17-13(9-21)18(23)25-16-7-2-1-6-15(16)24-19(25)14(17)10-22/h1-8,17,24H,23H2/t17-/m1/s1. The van der Waals surface area contributed by atoms with E-state index in [1.165, 1.54) is 0 Å². The summed E-state index contributed by atoms with van der Waals surface area (Å²) in [6.45, 7) is 0. The largest absolute Gasteiger partial charge is 0.384 e. The molecule has 0 bridgehead atoms. The van der Waals surface area contributed by atoms with E-state index < -0.39 is 5.92 Å². The summed E-state index contributed by atoms with van der Waals surface area (Å²) in [6.07, 6.45) is 0. The molecule has 5 nitrogen and oxygen atoms in total.